The fourth-order valence-corrected chi connectivity index (χ4v) is 5.73. The van der Waals surface area contributed by atoms with E-state index in [1.165, 1.54) is 25.7 Å². The van der Waals surface area contributed by atoms with Gasteiger partial charge < -0.3 is 14.5 Å². The van der Waals surface area contributed by atoms with E-state index >= 15 is 0 Å². The Balaban J connectivity index is 1.23. The monoisotopic (exact) mass is 412 g/mol. The molecule has 3 aliphatic rings. The van der Waals surface area contributed by atoms with Gasteiger partial charge in [0.25, 0.3) is 0 Å². The molecule has 3 atom stereocenters. The summed E-state index contributed by atoms with van der Waals surface area (Å²) in [4.78, 5) is 30.0. The van der Waals surface area contributed by atoms with Gasteiger partial charge in [0.15, 0.2) is 0 Å². The third-order valence-corrected chi connectivity index (χ3v) is 7.55. The van der Waals surface area contributed by atoms with E-state index in [0.717, 1.165) is 37.5 Å². The molecule has 1 saturated carbocycles. The maximum atomic E-state index is 13.3. The molecule has 2 saturated heterocycles. The van der Waals surface area contributed by atoms with Gasteiger partial charge >= 0.3 is 0 Å². The second kappa shape index (κ2) is 9.84. The summed E-state index contributed by atoms with van der Waals surface area (Å²) < 4.78 is 5.66. The SMILES string of the molecule is CC1CCN(C(=O)C2CCN(C(=O)CCOc3ccccc3)CC2)C2CCCCC12. The number of hydrogen-bond acceptors (Lipinski definition) is 3. The summed E-state index contributed by atoms with van der Waals surface area (Å²) in [5.74, 6) is 2.83. The average Bonchev–Trinajstić information content (AvgIpc) is 2.80. The van der Waals surface area contributed by atoms with E-state index in [2.05, 4.69) is 11.8 Å². The molecule has 0 bridgehead atoms. The third kappa shape index (κ3) is 4.81. The zero-order chi connectivity index (χ0) is 20.9. The van der Waals surface area contributed by atoms with Gasteiger partial charge in [0.1, 0.15) is 5.75 Å². The predicted molar refractivity (Wildman–Crippen MR) is 117 cm³/mol. The minimum absolute atomic E-state index is 0.0885. The number of nitrogens with zero attached hydrogens (tertiary/aromatic N) is 2. The number of carbonyl (C=O) groups is 2. The molecule has 4 rings (SSSR count). The Hall–Kier alpha value is -2.04. The number of piperidine rings is 2. The lowest BCUT2D eigenvalue weighted by Crippen LogP contribution is -2.55. The molecule has 0 spiro atoms. The van der Waals surface area contributed by atoms with E-state index in [1.807, 2.05) is 35.2 Å². The van der Waals surface area contributed by atoms with Crippen molar-refractivity contribution >= 4 is 11.8 Å². The zero-order valence-electron chi connectivity index (χ0n) is 18.3. The largest absolute Gasteiger partial charge is 0.493 e. The van der Waals surface area contributed by atoms with E-state index < -0.39 is 0 Å². The van der Waals surface area contributed by atoms with Gasteiger partial charge in [0.2, 0.25) is 11.8 Å². The third-order valence-electron chi connectivity index (χ3n) is 7.55. The normalized spacial score (nSPS) is 27.4. The van der Waals surface area contributed by atoms with Crippen molar-refractivity contribution in [1.82, 2.24) is 9.80 Å². The first-order valence-electron chi connectivity index (χ1n) is 11.9. The lowest BCUT2D eigenvalue weighted by molar-refractivity contribution is -0.147. The number of carbonyl (C=O) groups excluding carboxylic acids is 2. The van der Waals surface area contributed by atoms with Crippen molar-refractivity contribution in [3.05, 3.63) is 30.3 Å². The molecule has 164 valence electrons. The van der Waals surface area contributed by atoms with Crippen LogP contribution >= 0.6 is 0 Å². The van der Waals surface area contributed by atoms with Crippen molar-refractivity contribution in [2.24, 2.45) is 17.8 Å². The molecule has 0 radical (unpaired) electrons. The summed E-state index contributed by atoms with van der Waals surface area (Å²) in [6.45, 7) is 5.09. The molecule has 3 fully saturated rings. The molecule has 0 N–H and O–H groups in total. The van der Waals surface area contributed by atoms with E-state index in [9.17, 15) is 9.59 Å². The molecular formula is C25H36N2O3. The van der Waals surface area contributed by atoms with Crippen LogP contribution in [0.2, 0.25) is 0 Å². The van der Waals surface area contributed by atoms with Gasteiger partial charge in [-0.2, -0.15) is 0 Å². The standard InChI is InChI=1S/C25H36N2O3/c1-19-11-17-27(23-10-6-5-9-22(19)23)25(29)20-12-15-26(16-13-20)24(28)14-18-30-21-7-3-2-4-8-21/h2-4,7-8,19-20,22-23H,5-6,9-18H2,1H3. The number of ether oxygens (including phenoxy) is 1. The molecule has 2 heterocycles. The number of rotatable bonds is 5. The highest BCUT2D eigenvalue weighted by atomic mass is 16.5. The smallest absolute Gasteiger partial charge is 0.226 e. The molecule has 1 aliphatic carbocycles. The highest BCUT2D eigenvalue weighted by Gasteiger charge is 2.41. The Bertz CT molecular complexity index is 714. The first-order valence-corrected chi connectivity index (χ1v) is 11.9. The fourth-order valence-electron chi connectivity index (χ4n) is 5.73. The molecule has 1 aromatic rings. The summed E-state index contributed by atoms with van der Waals surface area (Å²) in [7, 11) is 0. The number of benzene rings is 1. The van der Waals surface area contributed by atoms with Gasteiger partial charge in [0, 0.05) is 31.6 Å². The lowest BCUT2D eigenvalue weighted by atomic mass is 9.72. The molecule has 30 heavy (non-hydrogen) atoms. The summed E-state index contributed by atoms with van der Waals surface area (Å²) in [6.07, 6.45) is 8.18. The molecule has 2 aliphatic heterocycles. The maximum Gasteiger partial charge on any atom is 0.226 e. The van der Waals surface area contributed by atoms with Crippen molar-refractivity contribution in [3.8, 4) is 5.75 Å². The van der Waals surface area contributed by atoms with Gasteiger partial charge in [0.05, 0.1) is 13.0 Å². The Morgan fingerprint density at radius 3 is 2.47 bits per heavy atom. The van der Waals surface area contributed by atoms with Crippen LogP contribution in [0.3, 0.4) is 0 Å². The van der Waals surface area contributed by atoms with Crippen molar-refractivity contribution in [2.75, 3.05) is 26.2 Å². The summed E-state index contributed by atoms with van der Waals surface area (Å²) in [5, 5.41) is 0. The second-order valence-corrected chi connectivity index (χ2v) is 9.38. The molecule has 2 amide bonds. The van der Waals surface area contributed by atoms with E-state index in [-0.39, 0.29) is 11.8 Å². The van der Waals surface area contributed by atoms with Crippen LogP contribution in [0.4, 0.5) is 0 Å². The number of para-hydroxylation sites is 1. The number of amides is 2. The second-order valence-electron chi connectivity index (χ2n) is 9.38. The minimum Gasteiger partial charge on any atom is -0.493 e. The maximum absolute atomic E-state index is 13.3. The zero-order valence-corrected chi connectivity index (χ0v) is 18.3. The van der Waals surface area contributed by atoms with Gasteiger partial charge in [-0.05, 0) is 56.1 Å². The van der Waals surface area contributed by atoms with Crippen LogP contribution in [0, 0.1) is 17.8 Å². The van der Waals surface area contributed by atoms with Crippen LogP contribution in [-0.4, -0.2) is 53.9 Å². The van der Waals surface area contributed by atoms with Crippen LogP contribution in [0.25, 0.3) is 0 Å². The van der Waals surface area contributed by atoms with Gasteiger partial charge in [-0.3, -0.25) is 9.59 Å². The van der Waals surface area contributed by atoms with E-state index in [1.54, 1.807) is 0 Å². The average molecular weight is 413 g/mol. The van der Waals surface area contributed by atoms with Gasteiger partial charge in [-0.15, -0.1) is 0 Å². The van der Waals surface area contributed by atoms with E-state index in [4.69, 9.17) is 4.74 Å². The summed E-state index contributed by atoms with van der Waals surface area (Å²) in [6, 6.07) is 10.1. The van der Waals surface area contributed by atoms with Crippen molar-refractivity contribution in [2.45, 2.75) is 64.3 Å². The first-order chi connectivity index (χ1) is 14.6. The summed E-state index contributed by atoms with van der Waals surface area (Å²) >= 11 is 0. The van der Waals surface area contributed by atoms with Crippen molar-refractivity contribution < 1.29 is 14.3 Å². The Labute approximate surface area is 180 Å². The number of hydrogen-bond donors (Lipinski definition) is 0. The highest BCUT2D eigenvalue weighted by Crippen LogP contribution is 2.39. The number of fused-ring (bicyclic) bond motifs is 1. The van der Waals surface area contributed by atoms with Crippen LogP contribution < -0.4 is 4.74 Å². The Morgan fingerprint density at radius 2 is 1.70 bits per heavy atom. The minimum atomic E-state index is 0.0885. The lowest BCUT2D eigenvalue weighted by Gasteiger charge is -2.48. The van der Waals surface area contributed by atoms with Crippen LogP contribution in [0.15, 0.2) is 30.3 Å². The molecule has 5 nitrogen and oxygen atoms in total. The van der Waals surface area contributed by atoms with Crippen LogP contribution in [0.1, 0.15) is 58.3 Å². The van der Waals surface area contributed by atoms with Crippen LogP contribution in [0.5, 0.6) is 5.75 Å². The van der Waals surface area contributed by atoms with Gasteiger partial charge in [-0.1, -0.05) is 38.0 Å². The topological polar surface area (TPSA) is 49.9 Å². The van der Waals surface area contributed by atoms with Crippen LogP contribution in [-0.2, 0) is 9.59 Å². The fraction of sp³-hybridized carbons (Fsp3) is 0.680. The number of likely N-dealkylation sites (tertiary alicyclic amines) is 2. The summed E-state index contributed by atoms with van der Waals surface area (Å²) in [5.41, 5.74) is 0. The van der Waals surface area contributed by atoms with Gasteiger partial charge in [-0.25, -0.2) is 0 Å². The Kier molecular flexibility index (Phi) is 6.96. The van der Waals surface area contributed by atoms with Crippen molar-refractivity contribution in [3.63, 3.8) is 0 Å². The van der Waals surface area contributed by atoms with Crippen molar-refractivity contribution in [1.29, 1.82) is 0 Å². The molecular weight excluding hydrogens is 376 g/mol. The molecule has 1 aromatic carbocycles. The first kappa shape index (κ1) is 21.2. The van der Waals surface area contributed by atoms with E-state index in [0.29, 0.717) is 44.0 Å². The molecule has 5 heteroatoms. The Morgan fingerprint density at radius 1 is 0.967 bits per heavy atom. The quantitative estimate of drug-likeness (QED) is 0.731. The molecule has 0 aromatic heterocycles. The molecule has 3 unspecified atom stereocenters. The predicted octanol–water partition coefficient (Wildman–Crippen LogP) is 4.12. The highest BCUT2D eigenvalue weighted by molar-refractivity contribution is 5.80.